The number of rotatable bonds is 6. The molecule has 2 aromatic carbocycles. The predicted molar refractivity (Wildman–Crippen MR) is 148 cm³/mol. The number of likely N-dealkylation sites (tertiary alicyclic amines) is 2. The van der Waals surface area contributed by atoms with Crippen molar-refractivity contribution in [3.05, 3.63) is 70.3 Å². The van der Waals surface area contributed by atoms with E-state index in [-0.39, 0.29) is 43.0 Å². The average Bonchev–Trinajstić information content (AvgIpc) is 2.98. The van der Waals surface area contributed by atoms with E-state index >= 15 is 0 Å². The maximum Gasteiger partial charge on any atom is 0.416 e. The number of aliphatic hydroxyl groups excluding tert-OH is 1. The number of amides is 3. The molecule has 0 unspecified atom stereocenters. The molecule has 2 fully saturated rings. The van der Waals surface area contributed by atoms with Crippen molar-refractivity contribution >= 4 is 17.7 Å². The normalized spacial score (nSPS) is 20.0. The molecule has 0 radical (unpaired) electrons. The third-order valence-corrected chi connectivity index (χ3v) is 8.49. The van der Waals surface area contributed by atoms with E-state index in [4.69, 9.17) is 5.11 Å². The largest absolute Gasteiger partial charge is 0.416 e. The van der Waals surface area contributed by atoms with Gasteiger partial charge in [0.05, 0.1) is 11.1 Å². The van der Waals surface area contributed by atoms with Crippen LogP contribution >= 0.6 is 0 Å². The molecule has 0 bridgehead atoms. The lowest BCUT2D eigenvalue weighted by molar-refractivity contribution is -0.145. The van der Waals surface area contributed by atoms with E-state index in [2.05, 4.69) is 0 Å². The Morgan fingerprint density at radius 2 is 1.48 bits per heavy atom. The zero-order valence-electron chi connectivity index (χ0n) is 24.4. The van der Waals surface area contributed by atoms with Crippen LogP contribution < -0.4 is 0 Å². The molecule has 0 aromatic heterocycles. The van der Waals surface area contributed by atoms with Crippen molar-refractivity contribution in [2.24, 2.45) is 11.8 Å². The maximum absolute atomic E-state index is 13.8. The minimum absolute atomic E-state index is 0.0557. The Hall–Kier alpha value is -3.61. The first-order valence-corrected chi connectivity index (χ1v) is 14.4. The number of benzene rings is 2. The summed E-state index contributed by atoms with van der Waals surface area (Å²) in [7, 11) is 1.35. The zero-order valence-corrected chi connectivity index (χ0v) is 24.4. The molecule has 2 atom stereocenters. The van der Waals surface area contributed by atoms with E-state index < -0.39 is 60.3 Å². The molecule has 0 aliphatic carbocycles. The van der Waals surface area contributed by atoms with Crippen molar-refractivity contribution in [2.75, 3.05) is 39.8 Å². The summed E-state index contributed by atoms with van der Waals surface area (Å²) in [5.74, 6) is -2.37. The summed E-state index contributed by atoms with van der Waals surface area (Å²) in [6, 6.07) is 8.75. The topological polar surface area (TPSA) is 81.2 Å². The minimum Gasteiger partial charge on any atom is -0.387 e. The second kappa shape index (κ2) is 13.2. The van der Waals surface area contributed by atoms with Gasteiger partial charge in [0, 0.05) is 57.5 Å². The van der Waals surface area contributed by atoms with Crippen molar-refractivity contribution in [1.82, 2.24) is 14.7 Å². The van der Waals surface area contributed by atoms with Gasteiger partial charge in [-0.25, -0.2) is 0 Å². The highest BCUT2D eigenvalue weighted by Crippen LogP contribution is 2.38. The molecule has 0 spiro atoms. The van der Waals surface area contributed by atoms with Gasteiger partial charge in [-0.3, -0.25) is 14.4 Å². The van der Waals surface area contributed by atoms with E-state index in [1.165, 1.54) is 11.9 Å². The molecule has 2 aliphatic rings. The van der Waals surface area contributed by atoms with Crippen LogP contribution in [0, 0.1) is 18.8 Å². The predicted octanol–water partition coefficient (Wildman–Crippen LogP) is 4.85. The minimum atomic E-state index is -5.00. The van der Waals surface area contributed by atoms with Gasteiger partial charge in [-0.15, -0.1) is 0 Å². The lowest BCUT2D eigenvalue weighted by atomic mass is 9.79. The van der Waals surface area contributed by atoms with Crippen LogP contribution in [0.15, 0.2) is 42.5 Å². The van der Waals surface area contributed by atoms with Crippen molar-refractivity contribution < 1.29 is 45.8 Å². The second-order valence-electron chi connectivity index (χ2n) is 11.6. The molecule has 1 N–H and O–H groups in total. The van der Waals surface area contributed by atoms with Crippen LogP contribution in [0.5, 0.6) is 0 Å². The third kappa shape index (κ3) is 7.72. The van der Waals surface area contributed by atoms with E-state index in [0.29, 0.717) is 38.1 Å². The summed E-state index contributed by atoms with van der Waals surface area (Å²) < 4.78 is 80.4. The van der Waals surface area contributed by atoms with Crippen LogP contribution in [0.25, 0.3) is 0 Å². The van der Waals surface area contributed by atoms with Crippen LogP contribution in [-0.2, 0) is 33.3 Å². The standard InChI is InChI=1S/C31H35F6N3O4/c1-19-4-3-5-22(12-19)26-17-40(28(43)21-6-9-39(10-7-21)27(42)18-41)11-8-25(26)29(44)38(2)16-20-13-23(30(32,33)34)15-24(14-20)31(35,36)37/h3-5,12-15,21,25-26,41H,6-11,16-18H2,1-2H3/t25-,26+/m1/s1. The van der Waals surface area contributed by atoms with E-state index in [1.54, 1.807) is 4.90 Å². The van der Waals surface area contributed by atoms with E-state index in [1.807, 2.05) is 31.2 Å². The summed E-state index contributed by atoms with van der Waals surface area (Å²) in [6.07, 6.45) is -8.86. The number of piperidine rings is 2. The average molecular weight is 628 g/mol. The van der Waals surface area contributed by atoms with Crippen molar-refractivity contribution in [2.45, 2.75) is 51.0 Å². The SMILES string of the molecule is Cc1cccc([C@@H]2CN(C(=O)C3CCN(C(=O)CO)CC3)CC[C@H]2C(=O)N(C)Cc2cc(C(F)(F)F)cc(C(F)(F)F)c2)c1. The van der Waals surface area contributed by atoms with Gasteiger partial charge in [-0.05, 0) is 55.5 Å². The van der Waals surface area contributed by atoms with Crippen LogP contribution in [0.1, 0.15) is 53.0 Å². The first kappa shape index (κ1) is 33.3. The molecule has 2 heterocycles. The number of nitrogens with zero attached hydrogens (tertiary/aromatic N) is 3. The Morgan fingerprint density at radius 1 is 0.886 bits per heavy atom. The first-order chi connectivity index (χ1) is 20.6. The highest BCUT2D eigenvalue weighted by Gasteiger charge is 2.41. The number of hydrogen-bond acceptors (Lipinski definition) is 4. The van der Waals surface area contributed by atoms with Gasteiger partial charge in [-0.1, -0.05) is 29.8 Å². The lowest BCUT2D eigenvalue weighted by Crippen LogP contribution is -2.51. The Bertz CT molecular complexity index is 1340. The van der Waals surface area contributed by atoms with Gasteiger partial charge >= 0.3 is 12.4 Å². The number of halogens is 6. The summed E-state index contributed by atoms with van der Waals surface area (Å²) in [5.41, 5.74) is -1.46. The van der Waals surface area contributed by atoms with Crippen molar-refractivity contribution in [3.8, 4) is 0 Å². The molecule has 2 aliphatic heterocycles. The third-order valence-electron chi connectivity index (χ3n) is 8.49. The second-order valence-corrected chi connectivity index (χ2v) is 11.6. The number of alkyl halides is 6. The monoisotopic (exact) mass is 627 g/mol. The number of carbonyl (C=O) groups is 3. The molecule has 44 heavy (non-hydrogen) atoms. The molecule has 13 heteroatoms. The molecule has 7 nitrogen and oxygen atoms in total. The van der Waals surface area contributed by atoms with Crippen molar-refractivity contribution in [3.63, 3.8) is 0 Å². The molecular weight excluding hydrogens is 592 g/mol. The van der Waals surface area contributed by atoms with Crippen LogP contribution in [-0.4, -0.2) is 77.4 Å². The van der Waals surface area contributed by atoms with Crippen LogP contribution in [0.3, 0.4) is 0 Å². The number of carbonyl (C=O) groups excluding carboxylic acids is 3. The van der Waals surface area contributed by atoms with Gasteiger partial charge < -0.3 is 19.8 Å². The Balaban J connectivity index is 1.54. The van der Waals surface area contributed by atoms with Crippen LogP contribution in [0.4, 0.5) is 26.3 Å². The quantitative estimate of drug-likeness (QED) is 0.465. The number of hydrogen-bond donors (Lipinski definition) is 1. The molecule has 2 aromatic rings. The number of aliphatic hydroxyl groups is 1. The number of aryl methyl sites for hydroxylation is 1. The summed E-state index contributed by atoms with van der Waals surface area (Å²) in [4.78, 5) is 43.4. The van der Waals surface area contributed by atoms with E-state index in [0.717, 1.165) is 16.0 Å². The molecule has 0 saturated carbocycles. The van der Waals surface area contributed by atoms with Crippen LogP contribution in [0.2, 0.25) is 0 Å². The van der Waals surface area contributed by atoms with Gasteiger partial charge in [0.1, 0.15) is 6.61 Å². The molecular formula is C31H35F6N3O4. The summed E-state index contributed by atoms with van der Waals surface area (Å²) in [6.45, 7) is 1.99. The maximum atomic E-state index is 13.8. The van der Waals surface area contributed by atoms with E-state index in [9.17, 15) is 40.7 Å². The van der Waals surface area contributed by atoms with Gasteiger partial charge in [0.25, 0.3) is 0 Å². The Kier molecular flexibility index (Phi) is 9.96. The van der Waals surface area contributed by atoms with Gasteiger partial charge in [0.15, 0.2) is 0 Å². The summed E-state index contributed by atoms with van der Waals surface area (Å²) in [5, 5.41) is 9.12. The fourth-order valence-corrected chi connectivity index (χ4v) is 6.17. The van der Waals surface area contributed by atoms with Crippen molar-refractivity contribution in [1.29, 1.82) is 0 Å². The first-order valence-electron chi connectivity index (χ1n) is 14.4. The highest BCUT2D eigenvalue weighted by atomic mass is 19.4. The fourth-order valence-electron chi connectivity index (χ4n) is 6.17. The molecule has 240 valence electrons. The zero-order chi connectivity index (χ0) is 32.4. The Morgan fingerprint density at radius 3 is 2.02 bits per heavy atom. The highest BCUT2D eigenvalue weighted by molar-refractivity contribution is 5.83. The molecule has 2 saturated heterocycles. The summed E-state index contributed by atoms with van der Waals surface area (Å²) >= 11 is 0. The van der Waals surface area contributed by atoms with Gasteiger partial charge in [0.2, 0.25) is 17.7 Å². The molecule has 4 rings (SSSR count). The smallest absolute Gasteiger partial charge is 0.387 e. The molecule has 3 amide bonds. The Labute approximate surface area is 251 Å². The lowest BCUT2D eigenvalue weighted by Gasteiger charge is -2.42. The van der Waals surface area contributed by atoms with Gasteiger partial charge in [-0.2, -0.15) is 26.3 Å². The fraction of sp³-hybridized carbons (Fsp3) is 0.516.